The molecule has 0 aliphatic carbocycles. The Kier molecular flexibility index (Phi) is 7.58. The topological polar surface area (TPSA) is 49.5 Å². The molecule has 0 spiro atoms. The predicted molar refractivity (Wildman–Crippen MR) is 45.5 cm³/mol. The number of halogens is 1. The lowest BCUT2D eigenvalue weighted by Crippen LogP contribution is -2.41. The van der Waals surface area contributed by atoms with Gasteiger partial charge in [0.2, 0.25) is 0 Å². The van der Waals surface area contributed by atoms with E-state index in [1.165, 1.54) is 0 Å². The van der Waals surface area contributed by atoms with Crippen LogP contribution in [0.1, 0.15) is 6.92 Å². The number of nitrogens with zero attached hydrogens (tertiary/aromatic N) is 1. The molecule has 2 atom stereocenters. The molecule has 0 aromatic rings. The number of hydrogen-bond donors (Lipinski definition) is 2. The lowest BCUT2D eigenvalue weighted by molar-refractivity contribution is 0.147. The van der Waals surface area contributed by atoms with E-state index in [0.717, 1.165) is 6.54 Å². The highest BCUT2D eigenvalue weighted by molar-refractivity contribution is 5.85. The molecule has 0 amide bonds. The van der Waals surface area contributed by atoms with Gasteiger partial charge in [-0.2, -0.15) is 0 Å². The minimum absolute atomic E-state index is 0. The van der Waals surface area contributed by atoms with Gasteiger partial charge in [-0.15, -0.1) is 12.4 Å². The van der Waals surface area contributed by atoms with Gasteiger partial charge in [-0.3, -0.25) is 0 Å². The highest BCUT2D eigenvalue weighted by Crippen LogP contribution is 1.88. The fourth-order valence-corrected chi connectivity index (χ4v) is 0.574. The molecule has 0 saturated carbocycles. The molecule has 0 aromatic carbocycles. The second kappa shape index (κ2) is 5.92. The zero-order valence-corrected chi connectivity index (χ0v) is 7.56. The van der Waals surface area contributed by atoms with E-state index in [9.17, 15) is 0 Å². The summed E-state index contributed by atoms with van der Waals surface area (Å²) in [6.45, 7) is 2.44. The summed E-state index contributed by atoms with van der Waals surface area (Å²) in [5.41, 5.74) is 5.53. The van der Waals surface area contributed by atoms with Crippen LogP contribution in [0.25, 0.3) is 0 Å². The van der Waals surface area contributed by atoms with Gasteiger partial charge in [-0.25, -0.2) is 0 Å². The first kappa shape index (κ1) is 12.8. The van der Waals surface area contributed by atoms with E-state index in [2.05, 4.69) is 0 Å². The zero-order chi connectivity index (χ0) is 7.44. The number of nitrogens with two attached hydrogens (primary N) is 1. The number of rotatable bonds is 3. The van der Waals surface area contributed by atoms with E-state index >= 15 is 0 Å². The molecule has 0 bridgehead atoms. The Morgan fingerprint density at radius 2 is 1.90 bits per heavy atom. The first-order valence-corrected chi connectivity index (χ1v) is 3.12. The minimum Gasteiger partial charge on any atom is -0.392 e. The van der Waals surface area contributed by atoms with Crippen molar-refractivity contribution in [1.82, 2.24) is 4.90 Å². The first-order valence-electron chi connectivity index (χ1n) is 3.12. The molecule has 0 radical (unpaired) electrons. The highest BCUT2D eigenvalue weighted by atomic mass is 35.5. The molecule has 10 heavy (non-hydrogen) atoms. The summed E-state index contributed by atoms with van der Waals surface area (Å²) >= 11 is 0. The Morgan fingerprint density at radius 1 is 1.50 bits per heavy atom. The molecule has 0 heterocycles. The molecule has 0 saturated heterocycles. The molecule has 3 N–H and O–H groups in total. The van der Waals surface area contributed by atoms with Crippen molar-refractivity contribution in [3.8, 4) is 0 Å². The first-order chi connectivity index (χ1) is 4.04. The van der Waals surface area contributed by atoms with E-state index in [0.29, 0.717) is 0 Å². The summed E-state index contributed by atoms with van der Waals surface area (Å²) < 4.78 is 0. The van der Waals surface area contributed by atoms with Crippen molar-refractivity contribution < 1.29 is 5.11 Å². The molecular formula is C6H17ClN2O. The quantitative estimate of drug-likeness (QED) is 0.608. The summed E-state index contributed by atoms with van der Waals surface area (Å²) in [5, 5.41) is 8.92. The van der Waals surface area contributed by atoms with Crippen molar-refractivity contribution in [1.29, 1.82) is 0 Å². The molecule has 0 unspecified atom stereocenters. The molecule has 0 aliphatic heterocycles. The van der Waals surface area contributed by atoms with Gasteiger partial charge >= 0.3 is 0 Å². The molecule has 0 rings (SSSR count). The molecule has 3 nitrogen and oxygen atoms in total. The monoisotopic (exact) mass is 168 g/mol. The van der Waals surface area contributed by atoms with Gasteiger partial charge in [0.15, 0.2) is 0 Å². The fraction of sp³-hybridized carbons (Fsp3) is 1.00. The smallest absolute Gasteiger partial charge is 0.0675 e. The summed E-state index contributed by atoms with van der Waals surface area (Å²) in [5.74, 6) is 0. The fourth-order valence-electron chi connectivity index (χ4n) is 0.574. The van der Waals surface area contributed by atoms with Crippen LogP contribution >= 0.6 is 12.4 Å². The van der Waals surface area contributed by atoms with Crippen LogP contribution in [0.2, 0.25) is 0 Å². The summed E-state index contributed by atoms with van der Waals surface area (Å²) in [4.78, 5) is 1.96. The minimum atomic E-state index is -0.410. The molecule has 0 aliphatic rings. The second-order valence-electron chi connectivity index (χ2n) is 2.67. The van der Waals surface area contributed by atoms with Gasteiger partial charge in [0.25, 0.3) is 0 Å². The standard InChI is InChI=1S/C6H16N2O.ClH/c1-5(9)6(7)4-8(2)3;/h5-6,9H,4,7H2,1-3H3;1H/t5-,6-;/m0./s1. The number of hydrogen-bond acceptors (Lipinski definition) is 3. The van der Waals surface area contributed by atoms with Crippen molar-refractivity contribution in [2.24, 2.45) is 5.73 Å². The number of aliphatic hydroxyl groups is 1. The van der Waals surface area contributed by atoms with Crippen molar-refractivity contribution in [3.63, 3.8) is 0 Å². The van der Waals surface area contributed by atoms with Crippen LogP contribution < -0.4 is 5.73 Å². The molecule has 0 aromatic heterocycles. The number of likely N-dealkylation sites (N-methyl/N-ethyl adjacent to an activating group) is 1. The average Bonchev–Trinajstić information content (AvgIpc) is 1.63. The van der Waals surface area contributed by atoms with Crippen LogP contribution in [-0.4, -0.2) is 42.8 Å². The molecule has 64 valence electrons. The highest BCUT2D eigenvalue weighted by Gasteiger charge is 2.08. The van der Waals surface area contributed by atoms with Crippen LogP contribution in [-0.2, 0) is 0 Å². The molecule has 0 fully saturated rings. The third-order valence-corrected chi connectivity index (χ3v) is 1.20. The van der Waals surface area contributed by atoms with Crippen LogP contribution in [0.5, 0.6) is 0 Å². The SMILES string of the molecule is C[C@H](O)[C@@H](N)CN(C)C.Cl. The normalized spacial score (nSPS) is 16.2. The summed E-state index contributed by atoms with van der Waals surface area (Å²) in [6.07, 6.45) is -0.410. The Labute approximate surface area is 68.6 Å². The predicted octanol–water partition coefficient (Wildman–Crippen LogP) is -0.322. The Balaban J connectivity index is 0. The van der Waals surface area contributed by atoms with Crippen molar-refractivity contribution in [2.45, 2.75) is 19.1 Å². The lowest BCUT2D eigenvalue weighted by Gasteiger charge is -2.18. The van der Waals surface area contributed by atoms with E-state index in [-0.39, 0.29) is 18.4 Å². The Morgan fingerprint density at radius 3 is 2.00 bits per heavy atom. The summed E-state index contributed by atoms with van der Waals surface area (Å²) in [6, 6.07) is -0.125. The van der Waals surface area contributed by atoms with E-state index in [1.807, 2.05) is 19.0 Å². The van der Waals surface area contributed by atoms with Crippen LogP contribution in [0.3, 0.4) is 0 Å². The Hall–Kier alpha value is 0.170. The van der Waals surface area contributed by atoms with Crippen LogP contribution in [0.15, 0.2) is 0 Å². The maximum Gasteiger partial charge on any atom is 0.0675 e. The van der Waals surface area contributed by atoms with E-state index in [4.69, 9.17) is 10.8 Å². The lowest BCUT2D eigenvalue weighted by atomic mass is 10.2. The van der Waals surface area contributed by atoms with Crippen molar-refractivity contribution in [3.05, 3.63) is 0 Å². The maximum atomic E-state index is 8.92. The van der Waals surface area contributed by atoms with Gasteiger partial charge in [0.1, 0.15) is 0 Å². The van der Waals surface area contributed by atoms with Crippen LogP contribution in [0.4, 0.5) is 0 Å². The molecule has 4 heteroatoms. The van der Waals surface area contributed by atoms with Gasteiger partial charge in [0, 0.05) is 12.6 Å². The van der Waals surface area contributed by atoms with Gasteiger partial charge < -0.3 is 15.7 Å². The number of aliphatic hydroxyl groups excluding tert-OH is 1. The van der Waals surface area contributed by atoms with Crippen molar-refractivity contribution >= 4 is 12.4 Å². The third-order valence-electron chi connectivity index (χ3n) is 1.20. The molecular weight excluding hydrogens is 152 g/mol. The van der Waals surface area contributed by atoms with Gasteiger partial charge in [-0.05, 0) is 21.0 Å². The van der Waals surface area contributed by atoms with Gasteiger partial charge in [0.05, 0.1) is 6.10 Å². The van der Waals surface area contributed by atoms with Gasteiger partial charge in [-0.1, -0.05) is 0 Å². The van der Waals surface area contributed by atoms with Crippen LogP contribution in [0, 0.1) is 0 Å². The largest absolute Gasteiger partial charge is 0.392 e. The maximum absolute atomic E-state index is 8.92. The van der Waals surface area contributed by atoms with Crippen molar-refractivity contribution in [2.75, 3.05) is 20.6 Å². The Bertz CT molecular complexity index is 78.1. The third kappa shape index (κ3) is 6.29. The summed E-state index contributed by atoms with van der Waals surface area (Å²) in [7, 11) is 3.87. The van der Waals surface area contributed by atoms with E-state index < -0.39 is 6.10 Å². The second-order valence-corrected chi connectivity index (χ2v) is 2.67. The zero-order valence-electron chi connectivity index (χ0n) is 6.74. The van der Waals surface area contributed by atoms with E-state index in [1.54, 1.807) is 6.92 Å². The average molecular weight is 169 g/mol.